The number of hydrogen-bond donors (Lipinski definition) is 3. The average molecular weight is 472 g/mol. The first-order valence-corrected chi connectivity index (χ1v) is 12.1. The Labute approximate surface area is 204 Å². The third-order valence-electron chi connectivity index (χ3n) is 5.52. The summed E-state index contributed by atoms with van der Waals surface area (Å²) in [5.41, 5.74) is 4.81. The van der Waals surface area contributed by atoms with Crippen LogP contribution in [0, 0.1) is 11.8 Å². The van der Waals surface area contributed by atoms with Crippen LogP contribution in [0.3, 0.4) is 0 Å². The number of rotatable bonds is 14. The number of unbranched alkanes of at least 4 members (excludes halogenated alkanes) is 1. The summed E-state index contributed by atoms with van der Waals surface area (Å²) >= 11 is 0. The standard InChI is InChI=1S/C27H41N3O4/c1-6-9-14-30(19-21-12-10-13-23(16-21)22(8-3)11-7-2)26(32)18-28-27(33)24(15-20(4)5)17-25(31)29-34/h7-8,10-13,16,20,24,34H,6,9,14-15,17-19H2,1-5H3,(H,28,33)(H,29,31)/b11-7-,22-8+/t24-/m1/s1. The maximum Gasteiger partial charge on any atom is 0.244 e. The lowest BCUT2D eigenvalue weighted by molar-refractivity contribution is -0.137. The predicted molar refractivity (Wildman–Crippen MR) is 136 cm³/mol. The highest BCUT2D eigenvalue weighted by Crippen LogP contribution is 2.19. The van der Waals surface area contributed by atoms with Crippen LogP contribution in [0.15, 0.2) is 42.5 Å². The van der Waals surface area contributed by atoms with Gasteiger partial charge in [0.15, 0.2) is 0 Å². The van der Waals surface area contributed by atoms with Gasteiger partial charge >= 0.3 is 0 Å². The zero-order valence-electron chi connectivity index (χ0n) is 21.3. The topological polar surface area (TPSA) is 98.7 Å². The monoisotopic (exact) mass is 471 g/mol. The molecule has 7 nitrogen and oxygen atoms in total. The van der Waals surface area contributed by atoms with Gasteiger partial charge in [-0.25, -0.2) is 5.48 Å². The second kappa shape index (κ2) is 15.8. The van der Waals surface area contributed by atoms with Crippen LogP contribution in [0.2, 0.25) is 0 Å². The van der Waals surface area contributed by atoms with Crippen LogP contribution in [0.5, 0.6) is 0 Å². The van der Waals surface area contributed by atoms with Crippen LogP contribution in [0.1, 0.15) is 71.4 Å². The van der Waals surface area contributed by atoms with E-state index in [0.717, 1.165) is 29.5 Å². The summed E-state index contributed by atoms with van der Waals surface area (Å²) in [5.74, 6) is -1.55. The van der Waals surface area contributed by atoms with E-state index in [9.17, 15) is 14.4 Å². The van der Waals surface area contributed by atoms with E-state index in [4.69, 9.17) is 5.21 Å². The Morgan fingerprint density at radius 1 is 1.18 bits per heavy atom. The van der Waals surface area contributed by atoms with E-state index in [-0.39, 0.29) is 30.7 Å². The van der Waals surface area contributed by atoms with E-state index in [1.165, 1.54) is 0 Å². The Morgan fingerprint density at radius 2 is 1.91 bits per heavy atom. The third-order valence-corrected chi connectivity index (χ3v) is 5.52. The molecule has 0 unspecified atom stereocenters. The van der Waals surface area contributed by atoms with Crippen molar-refractivity contribution >= 4 is 23.3 Å². The second-order valence-electron chi connectivity index (χ2n) is 8.90. The maximum absolute atomic E-state index is 13.0. The van der Waals surface area contributed by atoms with Crippen molar-refractivity contribution in [3.8, 4) is 0 Å². The average Bonchev–Trinajstić information content (AvgIpc) is 2.82. The molecule has 0 saturated heterocycles. The van der Waals surface area contributed by atoms with Gasteiger partial charge in [-0.2, -0.15) is 0 Å². The number of nitrogens with one attached hydrogen (secondary N) is 2. The highest BCUT2D eigenvalue weighted by Gasteiger charge is 2.24. The van der Waals surface area contributed by atoms with Crippen molar-refractivity contribution in [2.45, 2.75) is 66.8 Å². The Kier molecular flexibility index (Phi) is 13.5. The first-order valence-electron chi connectivity index (χ1n) is 12.1. The first kappa shape index (κ1) is 29.1. The Morgan fingerprint density at radius 3 is 2.50 bits per heavy atom. The fourth-order valence-electron chi connectivity index (χ4n) is 3.79. The van der Waals surface area contributed by atoms with Crippen molar-refractivity contribution < 1.29 is 19.6 Å². The zero-order chi connectivity index (χ0) is 25.5. The third kappa shape index (κ3) is 10.3. The highest BCUT2D eigenvalue weighted by molar-refractivity contribution is 5.88. The van der Waals surface area contributed by atoms with Crippen LogP contribution < -0.4 is 10.8 Å². The van der Waals surface area contributed by atoms with Gasteiger partial charge in [-0.05, 0) is 55.4 Å². The minimum atomic E-state index is -0.616. The molecule has 0 aliphatic carbocycles. The molecule has 3 N–H and O–H groups in total. The number of carbonyl (C=O) groups excluding carboxylic acids is 3. The summed E-state index contributed by atoms with van der Waals surface area (Å²) in [5, 5.41) is 11.5. The van der Waals surface area contributed by atoms with Gasteiger partial charge < -0.3 is 10.2 Å². The van der Waals surface area contributed by atoms with Crippen molar-refractivity contribution in [3.05, 3.63) is 53.6 Å². The molecule has 1 aromatic carbocycles. The summed E-state index contributed by atoms with van der Waals surface area (Å²) in [7, 11) is 0. The minimum Gasteiger partial charge on any atom is -0.347 e. The lowest BCUT2D eigenvalue weighted by Crippen LogP contribution is -2.43. The van der Waals surface area contributed by atoms with E-state index >= 15 is 0 Å². The van der Waals surface area contributed by atoms with Gasteiger partial charge in [-0.3, -0.25) is 19.6 Å². The van der Waals surface area contributed by atoms with Crippen molar-refractivity contribution in [3.63, 3.8) is 0 Å². The number of benzene rings is 1. The molecule has 1 atom stereocenters. The number of hydroxylamine groups is 1. The number of allylic oxidation sites excluding steroid dienone is 4. The number of hydrogen-bond acceptors (Lipinski definition) is 4. The molecule has 7 heteroatoms. The number of amides is 3. The molecule has 0 spiro atoms. The molecule has 34 heavy (non-hydrogen) atoms. The Hall–Kier alpha value is -2.93. The summed E-state index contributed by atoms with van der Waals surface area (Å²) < 4.78 is 0. The van der Waals surface area contributed by atoms with E-state index in [1.54, 1.807) is 10.4 Å². The summed E-state index contributed by atoms with van der Waals surface area (Å²) in [6.45, 7) is 10.9. The quantitative estimate of drug-likeness (QED) is 0.212. The van der Waals surface area contributed by atoms with Crippen LogP contribution in [-0.2, 0) is 20.9 Å². The second-order valence-corrected chi connectivity index (χ2v) is 8.90. The molecular weight excluding hydrogens is 430 g/mol. The smallest absolute Gasteiger partial charge is 0.244 e. The Balaban J connectivity index is 2.91. The largest absolute Gasteiger partial charge is 0.347 e. The van der Waals surface area contributed by atoms with Gasteiger partial charge in [-0.15, -0.1) is 0 Å². The van der Waals surface area contributed by atoms with Crippen LogP contribution in [-0.4, -0.2) is 40.9 Å². The first-order chi connectivity index (χ1) is 16.2. The minimum absolute atomic E-state index is 0.124. The van der Waals surface area contributed by atoms with Gasteiger partial charge in [0.2, 0.25) is 17.7 Å². The van der Waals surface area contributed by atoms with Crippen LogP contribution in [0.4, 0.5) is 0 Å². The van der Waals surface area contributed by atoms with E-state index in [0.29, 0.717) is 19.5 Å². The molecule has 0 saturated carbocycles. The van der Waals surface area contributed by atoms with Gasteiger partial charge in [0, 0.05) is 25.4 Å². The SMILES string of the molecule is C/C=C\C(=C/C)c1cccc(CN(CCCC)C(=O)CNC(=O)[C@@H](CC(=O)NO)CC(C)C)c1. The predicted octanol–water partition coefficient (Wildman–Crippen LogP) is 4.47. The van der Waals surface area contributed by atoms with Crippen molar-refractivity contribution in [2.24, 2.45) is 11.8 Å². The Bertz CT molecular complexity index is 861. The molecule has 0 radical (unpaired) electrons. The van der Waals surface area contributed by atoms with Gasteiger partial charge in [0.1, 0.15) is 0 Å². The molecule has 0 aromatic heterocycles. The molecule has 188 valence electrons. The summed E-state index contributed by atoms with van der Waals surface area (Å²) in [6.07, 6.45) is 8.29. The van der Waals surface area contributed by atoms with E-state index in [2.05, 4.69) is 36.5 Å². The molecule has 3 amide bonds. The van der Waals surface area contributed by atoms with E-state index in [1.807, 2.05) is 45.9 Å². The summed E-state index contributed by atoms with van der Waals surface area (Å²) in [6, 6.07) is 8.13. The molecule has 1 aromatic rings. The zero-order valence-corrected chi connectivity index (χ0v) is 21.3. The molecule has 1 rings (SSSR count). The van der Waals surface area contributed by atoms with Crippen molar-refractivity contribution in [1.29, 1.82) is 0 Å². The molecule has 0 aliphatic heterocycles. The normalized spacial score (nSPS) is 12.6. The highest BCUT2D eigenvalue weighted by atomic mass is 16.5. The maximum atomic E-state index is 13.0. The fourth-order valence-corrected chi connectivity index (χ4v) is 3.79. The molecule has 0 bridgehead atoms. The van der Waals surface area contributed by atoms with Crippen LogP contribution >= 0.6 is 0 Å². The fraction of sp³-hybridized carbons (Fsp3) is 0.519. The number of carbonyl (C=O) groups is 3. The lowest BCUT2D eigenvalue weighted by atomic mass is 9.93. The molecule has 0 aliphatic rings. The summed E-state index contributed by atoms with van der Waals surface area (Å²) in [4.78, 5) is 39.1. The van der Waals surface area contributed by atoms with Gasteiger partial charge in [0.25, 0.3) is 0 Å². The van der Waals surface area contributed by atoms with Gasteiger partial charge in [0.05, 0.1) is 6.54 Å². The van der Waals surface area contributed by atoms with E-state index < -0.39 is 11.8 Å². The van der Waals surface area contributed by atoms with Crippen molar-refractivity contribution in [2.75, 3.05) is 13.1 Å². The molecule has 0 heterocycles. The van der Waals surface area contributed by atoms with Crippen molar-refractivity contribution in [1.82, 2.24) is 15.7 Å². The lowest BCUT2D eigenvalue weighted by Gasteiger charge is -2.24. The number of nitrogens with zero attached hydrogens (tertiary/aromatic N) is 1. The van der Waals surface area contributed by atoms with Crippen LogP contribution in [0.25, 0.3) is 5.57 Å². The van der Waals surface area contributed by atoms with Gasteiger partial charge in [-0.1, -0.05) is 63.6 Å². The molecular formula is C27H41N3O4. The molecule has 0 fully saturated rings.